The van der Waals surface area contributed by atoms with Crippen LogP contribution >= 0.6 is 11.5 Å². The minimum atomic E-state index is 0.141. The van der Waals surface area contributed by atoms with E-state index < -0.39 is 0 Å². The van der Waals surface area contributed by atoms with Gasteiger partial charge in [0.15, 0.2) is 0 Å². The third-order valence-corrected chi connectivity index (χ3v) is 5.78. The van der Waals surface area contributed by atoms with Crippen molar-refractivity contribution in [2.24, 2.45) is 5.92 Å². The Morgan fingerprint density at radius 1 is 1.12 bits per heavy atom. The molecule has 1 fully saturated rings. The van der Waals surface area contributed by atoms with Crippen molar-refractivity contribution in [2.75, 3.05) is 11.9 Å². The fourth-order valence-corrected chi connectivity index (χ4v) is 4.58. The van der Waals surface area contributed by atoms with Gasteiger partial charge in [-0.3, -0.25) is 0 Å². The summed E-state index contributed by atoms with van der Waals surface area (Å²) in [5, 5.41) is 9.97. The highest BCUT2D eigenvalue weighted by Crippen LogP contribution is 2.49. The molecule has 1 aromatic heterocycles. The van der Waals surface area contributed by atoms with Gasteiger partial charge in [-0.05, 0) is 42.1 Å². The lowest BCUT2D eigenvalue weighted by Gasteiger charge is -2.43. The van der Waals surface area contributed by atoms with Crippen LogP contribution in [0.15, 0.2) is 53.9 Å². The number of hydrogen-bond acceptors (Lipinski definition) is 5. The largest absolute Gasteiger partial charge is 0.378 e. The maximum Gasteiger partial charge on any atom is 0.105 e. The van der Waals surface area contributed by atoms with E-state index in [0.29, 0.717) is 12.0 Å². The third kappa shape index (κ3) is 2.64. The molecule has 126 valence electrons. The summed E-state index contributed by atoms with van der Waals surface area (Å²) in [7, 11) is 0. The summed E-state index contributed by atoms with van der Waals surface area (Å²) in [6, 6.07) is 17.5. The molecular formula is C20H19N3OS. The summed E-state index contributed by atoms with van der Waals surface area (Å²) in [4.78, 5) is 0. The van der Waals surface area contributed by atoms with Gasteiger partial charge < -0.3 is 10.1 Å². The van der Waals surface area contributed by atoms with Crippen LogP contribution in [0.2, 0.25) is 0 Å². The second-order valence-electron chi connectivity index (χ2n) is 6.72. The highest BCUT2D eigenvalue weighted by atomic mass is 32.1. The predicted octanol–water partition coefficient (Wildman–Crippen LogP) is 4.84. The molecule has 0 saturated carbocycles. The molecule has 1 N–H and O–H groups in total. The normalized spacial score (nSPS) is 24.9. The number of aromatic nitrogens is 2. The van der Waals surface area contributed by atoms with Gasteiger partial charge in [-0.1, -0.05) is 40.9 Å². The van der Waals surface area contributed by atoms with Gasteiger partial charge in [0.25, 0.3) is 0 Å². The number of fused-ring (bicyclic) bond motifs is 3. The second kappa shape index (κ2) is 6.24. The lowest BCUT2D eigenvalue weighted by atomic mass is 9.77. The van der Waals surface area contributed by atoms with Gasteiger partial charge in [0, 0.05) is 34.7 Å². The van der Waals surface area contributed by atoms with Crippen LogP contribution in [0.3, 0.4) is 0 Å². The average Bonchev–Trinajstić information content (AvgIpc) is 3.22. The Kier molecular flexibility index (Phi) is 3.76. The fourth-order valence-electron chi connectivity index (χ4n) is 4.11. The van der Waals surface area contributed by atoms with Crippen LogP contribution in [0.5, 0.6) is 0 Å². The molecule has 3 heterocycles. The van der Waals surface area contributed by atoms with Gasteiger partial charge in [-0.2, -0.15) is 0 Å². The SMILES string of the molecule is c1ccc(C2Nc3ccc(-c4csnn4)cc3C3OCCCC23)cc1. The molecule has 0 radical (unpaired) electrons. The average molecular weight is 349 g/mol. The lowest BCUT2D eigenvalue weighted by molar-refractivity contribution is -0.0381. The number of rotatable bonds is 2. The maximum atomic E-state index is 6.26. The minimum Gasteiger partial charge on any atom is -0.378 e. The Bertz CT molecular complexity index is 866. The fraction of sp³-hybridized carbons (Fsp3) is 0.300. The monoisotopic (exact) mass is 349 g/mol. The molecule has 0 bridgehead atoms. The van der Waals surface area contributed by atoms with E-state index in [1.54, 1.807) is 0 Å². The first-order valence-corrected chi connectivity index (χ1v) is 9.58. The first-order valence-electron chi connectivity index (χ1n) is 8.74. The Morgan fingerprint density at radius 3 is 2.88 bits per heavy atom. The van der Waals surface area contributed by atoms with E-state index >= 15 is 0 Å². The highest BCUT2D eigenvalue weighted by molar-refractivity contribution is 7.03. The Balaban J connectivity index is 1.58. The molecule has 25 heavy (non-hydrogen) atoms. The van der Waals surface area contributed by atoms with Crippen molar-refractivity contribution < 1.29 is 4.74 Å². The van der Waals surface area contributed by atoms with Crippen molar-refractivity contribution in [1.29, 1.82) is 0 Å². The Hall–Kier alpha value is -2.24. The van der Waals surface area contributed by atoms with Gasteiger partial charge >= 0.3 is 0 Å². The van der Waals surface area contributed by atoms with Gasteiger partial charge in [-0.15, -0.1) is 5.10 Å². The van der Waals surface area contributed by atoms with E-state index in [1.165, 1.54) is 34.8 Å². The standard InChI is InChI=1S/C20H19N3OS/c1-2-5-13(6-3-1)19-15-7-4-10-24-20(15)16-11-14(8-9-17(16)21-19)18-12-25-23-22-18/h1-3,5-6,8-9,11-12,15,19-21H,4,7,10H2. The highest BCUT2D eigenvalue weighted by Gasteiger charge is 2.39. The van der Waals surface area contributed by atoms with Crippen LogP contribution < -0.4 is 5.32 Å². The molecule has 4 nitrogen and oxygen atoms in total. The van der Waals surface area contributed by atoms with E-state index in [2.05, 4.69) is 63.4 Å². The van der Waals surface area contributed by atoms with E-state index in [9.17, 15) is 0 Å². The molecule has 1 saturated heterocycles. The maximum absolute atomic E-state index is 6.26. The van der Waals surface area contributed by atoms with Crippen molar-refractivity contribution in [2.45, 2.75) is 25.0 Å². The number of benzene rings is 2. The van der Waals surface area contributed by atoms with Gasteiger partial charge in [0.05, 0.1) is 12.1 Å². The van der Waals surface area contributed by atoms with Gasteiger partial charge in [0.2, 0.25) is 0 Å². The van der Waals surface area contributed by atoms with E-state index in [4.69, 9.17) is 4.74 Å². The second-order valence-corrected chi connectivity index (χ2v) is 7.33. The quantitative estimate of drug-likeness (QED) is 0.719. The summed E-state index contributed by atoms with van der Waals surface area (Å²) >= 11 is 1.38. The van der Waals surface area contributed by atoms with Crippen LogP contribution in [-0.4, -0.2) is 16.2 Å². The zero-order valence-electron chi connectivity index (χ0n) is 13.8. The number of hydrogen-bond donors (Lipinski definition) is 1. The molecule has 3 atom stereocenters. The zero-order chi connectivity index (χ0) is 16.6. The minimum absolute atomic E-state index is 0.141. The van der Waals surface area contributed by atoms with Crippen molar-refractivity contribution in [1.82, 2.24) is 9.59 Å². The Labute approximate surface area is 151 Å². The molecule has 5 heteroatoms. The molecule has 2 aromatic carbocycles. The zero-order valence-corrected chi connectivity index (χ0v) is 14.6. The van der Waals surface area contributed by atoms with Gasteiger partial charge in [-0.25, -0.2) is 0 Å². The number of nitrogens with zero attached hydrogens (tertiary/aromatic N) is 2. The summed E-state index contributed by atoms with van der Waals surface area (Å²) in [6.07, 6.45) is 2.44. The molecular weight excluding hydrogens is 330 g/mol. The van der Waals surface area contributed by atoms with Crippen molar-refractivity contribution in [3.63, 3.8) is 0 Å². The molecule has 2 aliphatic rings. The molecule has 0 spiro atoms. The first-order chi connectivity index (χ1) is 12.4. The third-order valence-electron chi connectivity index (χ3n) is 5.28. The van der Waals surface area contributed by atoms with Crippen LogP contribution in [0.1, 0.15) is 36.1 Å². The molecule has 0 aliphatic carbocycles. The van der Waals surface area contributed by atoms with E-state index in [0.717, 1.165) is 24.3 Å². The molecule has 5 rings (SSSR count). The smallest absolute Gasteiger partial charge is 0.105 e. The molecule has 3 unspecified atom stereocenters. The van der Waals surface area contributed by atoms with Crippen molar-refractivity contribution in [3.05, 3.63) is 65.0 Å². The van der Waals surface area contributed by atoms with Crippen LogP contribution in [0.4, 0.5) is 5.69 Å². The molecule has 2 aliphatic heterocycles. The first kappa shape index (κ1) is 15.0. The van der Waals surface area contributed by atoms with E-state index in [-0.39, 0.29) is 6.10 Å². The number of anilines is 1. The van der Waals surface area contributed by atoms with Gasteiger partial charge in [0.1, 0.15) is 5.69 Å². The number of nitrogens with one attached hydrogen (secondary N) is 1. The predicted molar refractivity (Wildman–Crippen MR) is 99.6 cm³/mol. The van der Waals surface area contributed by atoms with Crippen LogP contribution in [-0.2, 0) is 4.74 Å². The van der Waals surface area contributed by atoms with Crippen LogP contribution in [0, 0.1) is 5.92 Å². The van der Waals surface area contributed by atoms with Crippen molar-refractivity contribution >= 4 is 17.2 Å². The molecule has 0 amide bonds. The number of ether oxygens (including phenoxy) is 1. The topological polar surface area (TPSA) is 47.0 Å². The van der Waals surface area contributed by atoms with Crippen LogP contribution in [0.25, 0.3) is 11.3 Å². The summed E-state index contributed by atoms with van der Waals surface area (Å²) in [5.74, 6) is 0.451. The molecule has 3 aromatic rings. The van der Waals surface area contributed by atoms with Crippen molar-refractivity contribution in [3.8, 4) is 11.3 Å². The summed E-state index contributed by atoms with van der Waals surface area (Å²) in [5.41, 5.74) is 5.80. The lowest BCUT2D eigenvalue weighted by Crippen LogP contribution is -2.36. The summed E-state index contributed by atoms with van der Waals surface area (Å²) < 4.78 is 10.2. The van der Waals surface area contributed by atoms with E-state index in [1.807, 2.05) is 5.38 Å². The summed E-state index contributed by atoms with van der Waals surface area (Å²) in [6.45, 7) is 0.838. The Morgan fingerprint density at radius 2 is 2.04 bits per heavy atom.